The van der Waals surface area contributed by atoms with Crippen LogP contribution in [0.25, 0.3) is 96.3 Å². The second-order valence-corrected chi connectivity index (χ2v) is 13.1. The molecular formula is C44H26S. The molecule has 0 saturated heterocycles. The zero-order valence-electron chi connectivity index (χ0n) is 24.4. The largest absolute Gasteiger partial charge is 0.135 e. The molecule has 0 unspecified atom stereocenters. The van der Waals surface area contributed by atoms with Crippen LogP contribution in [-0.4, -0.2) is 0 Å². The highest BCUT2D eigenvalue weighted by atomic mass is 32.1. The van der Waals surface area contributed by atoms with Crippen molar-refractivity contribution in [2.45, 2.75) is 0 Å². The molecule has 0 nitrogen and oxygen atoms in total. The van der Waals surface area contributed by atoms with Crippen LogP contribution in [0.2, 0.25) is 0 Å². The monoisotopic (exact) mass is 586 g/mol. The Labute approximate surface area is 264 Å². The quantitative estimate of drug-likeness (QED) is 0.177. The molecule has 0 aliphatic heterocycles. The predicted octanol–water partition coefficient (Wildman–Crippen LogP) is 13.2. The molecule has 0 bridgehead atoms. The van der Waals surface area contributed by atoms with Crippen molar-refractivity contribution in [3.63, 3.8) is 0 Å². The number of thiophene rings is 1. The molecule has 0 radical (unpaired) electrons. The van der Waals surface area contributed by atoms with Crippen LogP contribution < -0.4 is 0 Å². The van der Waals surface area contributed by atoms with Gasteiger partial charge in [0.2, 0.25) is 0 Å². The van der Waals surface area contributed by atoms with E-state index in [4.69, 9.17) is 0 Å². The van der Waals surface area contributed by atoms with E-state index in [-0.39, 0.29) is 0 Å². The van der Waals surface area contributed by atoms with Gasteiger partial charge >= 0.3 is 0 Å². The van der Waals surface area contributed by atoms with Gasteiger partial charge in [-0.05, 0) is 106 Å². The first kappa shape index (κ1) is 24.9. The van der Waals surface area contributed by atoms with E-state index in [2.05, 4.69) is 158 Å². The highest BCUT2D eigenvalue weighted by molar-refractivity contribution is 7.25. The van der Waals surface area contributed by atoms with Gasteiger partial charge in [-0.2, -0.15) is 0 Å². The van der Waals surface area contributed by atoms with Crippen molar-refractivity contribution in [1.82, 2.24) is 0 Å². The lowest BCUT2D eigenvalue weighted by atomic mass is 9.85. The van der Waals surface area contributed by atoms with E-state index in [0.29, 0.717) is 0 Å². The van der Waals surface area contributed by atoms with E-state index in [1.54, 1.807) is 0 Å². The Morgan fingerprint density at radius 1 is 0.267 bits per heavy atom. The maximum atomic E-state index is 2.46. The number of hydrogen-bond acceptors (Lipinski definition) is 1. The van der Waals surface area contributed by atoms with Crippen LogP contribution >= 0.6 is 11.3 Å². The number of fused-ring (bicyclic) bond motifs is 11. The summed E-state index contributed by atoms with van der Waals surface area (Å²) in [6.07, 6.45) is 0. The molecule has 10 rings (SSSR count). The minimum atomic E-state index is 1.27. The van der Waals surface area contributed by atoms with Gasteiger partial charge in [-0.15, -0.1) is 11.3 Å². The SMILES string of the molecule is c1ccc2c(c1)cc(-c1cc3c4ccccc4c(-c4cccc5sc6ccccc6c45)cc3c3ccccc13)c1ccccc12. The summed E-state index contributed by atoms with van der Waals surface area (Å²) in [6.45, 7) is 0. The van der Waals surface area contributed by atoms with Crippen molar-refractivity contribution < 1.29 is 0 Å². The Morgan fingerprint density at radius 2 is 0.711 bits per heavy atom. The summed E-state index contributed by atoms with van der Waals surface area (Å²) in [4.78, 5) is 0. The highest BCUT2D eigenvalue weighted by Crippen LogP contribution is 2.46. The van der Waals surface area contributed by atoms with Crippen molar-refractivity contribution in [1.29, 1.82) is 0 Å². The fraction of sp³-hybridized carbons (Fsp3) is 0. The average Bonchev–Trinajstić information content (AvgIpc) is 3.50. The third-order valence-corrected chi connectivity index (χ3v) is 10.8. The molecule has 0 aliphatic rings. The van der Waals surface area contributed by atoms with Crippen molar-refractivity contribution in [2.24, 2.45) is 0 Å². The van der Waals surface area contributed by atoms with Gasteiger partial charge in [0.05, 0.1) is 0 Å². The van der Waals surface area contributed by atoms with Crippen molar-refractivity contribution >= 4 is 85.4 Å². The van der Waals surface area contributed by atoms with Gasteiger partial charge in [0.25, 0.3) is 0 Å². The topological polar surface area (TPSA) is 0 Å². The summed E-state index contributed by atoms with van der Waals surface area (Å²) in [6, 6.07) is 58.5. The molecule has 0 fully saturated rings. The van der Waals surface area contributed by atoms with Crippen LogP contribution in [0.15, 0.2) is 158 Å². The maximum absolute atomic E-state index is 2.46. The smallest absolute Gasteiger partial charge is 0.0361 e. The molecule has 208 valence electrons. The molecule has 45 heavy (non-hydrogen) atoms. The molecule has 0 spiro atoms. The molecule has 0 N–H and O–H groups in total. The Hall–Kier alpha value is -5.50. The zero-order chi connectivity index (χ0) is 29.5. The lowest BCUT2D eigenvalue weighted by Gasteiger charge is -2.18. The Balaban J connectivity index is 1.36. The van der Waals surface area contributed by atoms with E-state index < -0.39 is 0 Å². The molecule has 1 heterocycles. The Kier molecular flexibility index (Phi) is 5.25. The van der Waals surface area contributed by atoms with Crippen LogP contribution in [0.5, 0.6) is 0 Å². The first-order valence-corrected chi connectivity index (χ1v) is 16.3. The van der Waals surface area contributed by atoms with Crippen molar-refractivity contribution in [3.8, 4) is 22.3 Å². The van der Waals surface area contributed by atoms with E-state index in [1.807, 2.05) is 11.3 Å². The van der Waals surface area contributed by atoms with Gasteiger partial charge in [-0.3, -0.25) is 0 Å². The minimum Gasteiger partial charge on any atom is -0.135 e. The van der Waals surface area contributed by atoms with Gasteiger partial charge in [0.1, 0.15) is 0 Å². The van der Waals surface area contributed by atoms with E-state index in [1.165, 1.54) is 96.3 Å². The normalized spacial score (nSPS) is 12.0. The van der Waals surface area contributed by atoms with E-state index in [9.17, 15) is 0 Å². The van der Waals surface area contributed by atoms with Crippen LogP contribution in [0, 0.1) is 0 Å². The molecule has 0 aliphatic carbocycles. The lowest BCUT2D eigenvalue weighted by molar-refractivity contribution is 1.71. The first-order chi connectivity index (χ1) is 22.3. The van der Waals surface area contributed by atoms with Crippen LogP contribution in [-0.2, 0) is 0 Å². The van der Waals surface area contributed by atoms with Crippen molar-refractivity contribution in [2.75, 3.05) is 0 Å². The summed E-state index contributed by atoms with van der Waals surface area (Å²) in [5.41, 5.74) is 5.16. The highest BCUT2D eigenvalue weighted by Gasteiger charge is 2.18. The van der Waals surface area contributed by atoms with Gasteiger partial charge in [0.15, 0.2) is 0 Å². The molecular weight excluding hydrogens is 561 g/mol. The van der Waals surface area contributed by atoms with Gasteiger partial charge in [-0.25, -0.2) is 0 Å². The average molecular weight is 587 g/mol. The number of benzene rings is 9. The van der Waals surface area contributed by atoms with Crippen LogP contribution in [0.1, 0.15) is 0 Å². The van der Waals surface area contributed by atoms with Gasteiger partial charge < -0.3 is 0 Å². The third kappa shape index (κ3) is 3.59. The molecule has 1 aromatic heterocycles. The summed E-state index contributed by atoms with van der Waals surface area (Å²) in [5.74, 6) is 0. The van der Waals surface area contributed by atoms with Crippen molar-refractivity contribution in [3.05, 3.63) is 158 Å². The summed E-state index contributed by atoms with van der Waals surface area (Å²) >= 11 is 1.88. The fourth-order valence-electron chi connectivity index (χ4n) is 7.67. The summed E-state index contributed by atoms with van der Waals surface area (Å²) in [5, 5.41) is 15.6. The number of hydrogen-bond donors (Lipinski definition) is 0. The Bertz CT molecular complexity index is 2820. The summed E-state index contributed by atoms with van der Waals surface area (Å²) in [7, 11) is 0. The molecule has 9 aromatic carbocycles. The second-order valence-electron chi connectivity index (χ2n) is 12.0. The second kappa shape index (κ2) is 9.50. The lowest BCUT2D eigenvalue weighted by Crippen LogP contribution is -1.90. The number of rotatable bonds is 2. The standard InChI is InChI=1S/C44H26S/c1-2-13-28-27(12-1)24-37(30-15-4-3-14-29(28)30)39-26-41-32-17-6-5-16-31(32)38(25-40(41)34-19-8-7-18-33(34)39)35-21-11-23-43-44(35)36-20-9-10-22-42(36)45-43/h1-26H. The molecule has 10 aromatic rings. The maximum Gasteiger partial charge on any atom is 0.0361 e. The van der Waals surface area contributed by atoms with Gasteiger partial charge in [0, 0.05) is 20.2 Å². The molecule has 0 amide bonds. The zero-order valence-corrected chi connectivity index (χ0v) is 25.2. The van der Waals surface area contributed by atoms with E-state index >= 15 is 0 Å². The molecule has 0 saturated carbocycles. The Morgan fingerprint density at radius 3 is 1.36 bits per heavy atom. The fourth-order valence-corrected chi connectivity index (χ4v) is 8.81. The van der Waals surface area contributed by atoms with Gasteiger partial charge in [-0.1, -0.05) is 127 Å². The third-order valence-electron chi connectivity index (χ3n) is 9.63. The van der Waals surface area contributed by atoms with Crippen LogP contribution in [0.4, 0.5) is 0 Å². The first-order valence-electron chi connectivity index (χ1n) is 15.5. The van der Waals surface area contributed by atoms with Crippen LogP contribution in [0.3, 0.4) is 0 Å². The molecule has 0 atom stereocenters. The van der Waals surface area contributed by atoms with E-state index in [0.717, 1.165) is 0 Å². The molecule has 1 heteroatoms. The summed E-state index contributed by atoms with van der Waals surface area (Å²) < 4.78 is 2.67. The minimum absolute atomic E-state index is 1.27. The predicted molar refractivity (Wildman–Crippen MR) is 198 cm³/mol.